The van der Waals surface area contributed by atoms with Crippen LogP contribution in [-0.4, -0.2) is 19.4 Å². The molecule has 0 bridgehead atoms. The lowest BCUT2D eigenvalue weighted by Crippen LogP contribution is -2.07. The van der Waals surface area contributed by atoms with Crippen LogP contribution in [0, 0.1) is 0 Å². The molecular weight excluding hydrogens is 174 g/mol. The summed E-state index contributed by atoms with van der Waals surface area (Å²) in [5.74, 6) is 0.310. The Balaban J connectivity index is -0.000000266. The summed E-state index contributed by atoms with van der Waals surface area (Å²) in [6.45, 7) is 10.7. The largest absolute Gasteiger partial charge is 0.320 e. The minimum atomic E-state index is 0.310. The Labute approximate surface area is 90.5 Å². The van der Waals surface area contributed by atoms with Crippen molar-refractivity contribution in [2.75, 3.05) is 13.6 Å². The van der Waals surface area contributed by atoms with Gasteiger partial charge in [0.1, 0.15) is 5.78 Å². The van der Waals surface area contributed by atoms with Crippen LogP contribution in [-0.2, 0) is 4.79 Å². The second kappa shape index (κ2) is 22.9. The van der Waals surface area contributed by atoms with Crippen molar-refractivity contribution < 1.29 is 4.79 Å². The molecule has 14 heavy (non-hydrogen) atoms. The summed E-state index contributed by atoms with van der Waals surface area (Å²) in [4.78, 5) is 10.5. The second-order valence-electron chi connectivity index (χ2n) is 2.62. The van der Waals surface area contributed by atoms with E-state index in [2.05, 4.69) is 5.32 Å². The number of unbranched alkanes of at least 4 members (excludes halogenated alkanes) is 2. The van der Waals surface area contributed by atoms with E-state index >= 15 is 0 Å². The van der Waals surface area contributed by atoms with Crippen LogP contribution in [0.25, 0.3) is 0 Å². The zero-order chi connectivity index (χ0) is 11.8. The van der Waals surface area contributed by atoms with Crippen molar-refractivity contribution in [3.63, 3.8) is 0 Å². The second-order valence-corrected chi connectivity index (χ2v) is 2.62. The zero-order valence-corrected chi connectivity index (χ0v) is 10.9. The Bertz CT molecular complexity index is 92.3. The quantitative estimate of drug-likeness (QED) is 0.670. The van der Waals surface area contributed by atoms with Crippen LogP contribution in [0.4, 0.5) is 0 Å². The molecule has 0 saturated heterocycles. The van der Waals surface area contributed by atoms with E-state index in [1.165, 1.54) is 12.8 Å². The fourth-order valence-electron chi connectivity index (χ4n) is 0.852. The minimum absolute atomic E-state index is 0.310. The van der Waals surface area contributed by atoms with Gasteiger partial charge in [0, 0.05) is 6.42 Å². The highest BCUT2D eigenvalue weighted by atomic mass is 16.1. The average Bonchev–Trinajstić information content (AvgIpc) is 2.23. The van der Waals surface area contributed by atoms with E-state index in [-0.39, 0.29) is 0 Å². The molecule has 0 aromatic carbocycles. The molecule has 0 radical (unpaired) electrons. The first-order valence-corrected chi connectivity index (χ1v) is 5.91. The molecule has 0 fully saturated rings. The van der Waals surface area contributed by atoms with Gasteiger partial charge >= 0.3 is 0 Å². The van der Waals surface area contributed by atoms with E-state index in [0.29, 0.717) is 5.78 Å². The van der Waals surface area contributed by atoms with E-state index in [1.807, 2.05) is 34.7 Å². The summed E-state index contributed by atoms with van der Waals surface area (Å²) >= 11 is 0. The maximum absolute atomic E-state index is 10.5. The lowest BCUT2D eigenvalue weighted by molar-refractivity contribution is -0.117. The van der Waals surface area contributed by atoms with Crippen molar-refractivity contribution >= 4 is 5.78 Å². The molecule has 0 saturated carbocycles. The molecule has 2 nitrogen and oxygen atoms in total. The summed E-state index contributed by atoms with van der Waals surface area (Å²) in [5, 5.41) is 3.07. The van der Waals surface area contributed by atoms with Gasteiger partial charge in [-0.25, -0.2) is 0 Å². The highest BCUT2D eigenvalue weighted by Gasteiger charge is 1.92. The predicted molar refractivity (Wildman–Crippen MR) is 65.8 cm³/mol. The van der Waals surface area contributed by atoms with Crippen LogP contribution in [0.2, 0.25) is 0 Å². The van der Waals surface area contributed by atoms with Gasteiger partial charge in [-0.05, 0) is 33.4 Å². The van der Waals surface area contributed by atoms with E-state index in [9.17, 15) is 4.79 Å². The smallest absolute Gasteiger partial charge is 0.129 e. The van der Waals surface area contributed by atoms with Crippen LogP contribution < -0.4 is 5.32 Å². The van der Waals surface area contributed by atoms with Crippen molar-refractivity contribution in [2.45, 2.75) is 60.3 Å². The van der Waals surface area contributed by atoms with Gasteiger partial charge in [0.05, 0.1) is 0 Å². The molecule has 0 aliphatic heterocycles. The molecule has 0 aliphatic rings. The van der Waals surface area contributed by atoms with E-state index in [4.69, 9.17) is 0 Å². The van der Waals surface area contributed by atoms with Gasteiger partial charge in [0.25, 0.3) is 0 Å². The standard InChI is InChI=1S/C8H17NO.2C2H6/c1-8(10)6-4-3-5-7-9-2;2*1-2/h9H,3-7H2,1-2H3;2*1-2H3. The van der Waals surface area contributed by atoms with Crippen molar-refractivity contribution in [1.82, 2.24) is 5.32 Å². The Hall–Kier alpha value is -0.370. The lowest BCUT2D eigenvalue weighted by atomic mass is 10.1. The summed E-state index contributed by atoms with van der Waals surface area (Å²) < 4.78 is 0. The van der Waals surface area contributed by atoms with Gasteiger partial charge in [0.15, 0.2) is 0 Å². The molecule has 0 rings (SSSR count). The molecule has 0 spiro atoms. The third-order valence-corrected chi connectivity index (χ3v) is 1.46. The van der Waals surface area contributed by atoms with E-state index in [1.54, 1.807) is 6.92 Å². The SMILES string of the molecule is CC.CC.CNCCCCCC(C)=O. The first-order chi connectivity index (χ1) is 6.77. The van der Waals surface area contributed by atoms with Crippen LogP contribution in [0.1, 0.15) is 60.3 Å². The average molecular weight is 203 g/mol. The number of rotatable bonds is 6. The topological polar surface area (TPSA) is 29.1 Å². The van der Waals surface area contributed by atoms with Gasteiger partial charge in [-0.1, -0.05) is 34.1 Å². The molecule has 88 valence electrons. The molecule has 0 aliphatic carbocycles. The number of hydrogen-bond donors (Lipinski definition) is 1. The number of Topliss-reactive ketones (excluding diaryl/α,β-unsaturated/α-hetero) is 1. The molecule has 2 heteroatoms. The number of carbonyl (C=O) groups is 1. The number of nitrogens with one attached hydrogen (secondary N) is 1. The van der Waals surface area contributed by atoms with Crippen LogP contribution in [0.15, 0.2) is 0 Å². The first-order valence-electron chi connectivity index (χ1n) is 5.91. The number of carbonyl (C=O) groups excluding carboxylic acids is 1. The van der Waals surface area contributed by atoms with Gasteiger partial charge in [-0.15, -0.1) is 0 Å². The fourth-order valence-corrected chi connectivity index (χ4v) is 0.852. The zero-order valence-electron chi connectivity index (χ0n) is 10.9. The predicted octanol–water partition coefficient (Wildman–Crippen LogP) is 3.41. The van der Waals surface area contributed by atoms with Crippen molar-refractivity contribution in [3.8, 4) is 0 Å². The monoisotopic (exact) mass is 203 g/mol. The Kier molecular flexibility index (Phi) is 31.5. The van der Waals surface area contributed by atoms with E-state index in [0.717, 1.165) is 19.4 Å². The van der Waals surface area contributed by atoms with Crippen LogP contribution in [0.3, 0.4) is 0 Å². The highest BCUT2D eigenvalue weighted by molar-refractivity contribution is 5.75. The molecule has 0 unspecified atom stereocenters. The third-order valence-electron chi connectivity index (χ3n) is 1.46. The number of ketones is 1. The van der Waals surface area contributed by atoms with Gasteiger partial charge < -0.3 is 10.1 Å². The van der Waals surface area contributed by atoms with Gasteiger partial charge in [-0.2, -0.15) is 0 Å². The molecule has 0 heterocycles. The Morgan fingerprint density at radius 2 is 1.50 bits per heavy atom. The Morgan fingerprint density at radius 3 is 1.86 bits per heavy atom. The summed E-state index contributed by atoms with van der Waals surface area (Å²) in [6, 6.07) is 0. The van der Waals surface area contributed by atoms with Crippen molar-refractivity contribution in [1.29, 1.82) is 0 Å². The van der Waals surface area contributed by atoms with Crippen molar-refractivity contribution in [3.05, 3.63) is 0 Å². The maximum atomic E-state index is 10.5. The highest BCUT2D eigenvalue weighted by Crippen LogP contribution is 1.98. The van der Waals surface area contributed by atoms with Crippen LogP contribution >= 0.6 is 0 Å². The summed E-state index contributed by atoms with van der Waals surface area (Å²) in [7, 11) is 1.95. The summed E-state index contributed by atoms with van der Waals surface area (Å²) in [6.07, 6.45) is 4.16. The van der Waals surface area contributed by atoms with Gasteiger partial charge in [0.2, 0.25) is 0 Å². The van der Waals surface area contributed by atoms with Gasteiger partial charge in [-0.3, -0.25) is 0 Å². The fraction of sp³-hybridized carbons (Fsp3) is 0.917. The minimum Gasteiger partial charge on any atom is -0.320 e. The lowest BCUT2D eigenvalue weighted by Gasteiger charge is -1.97. The molecular formula is C12H29NO. The normalized spacial score (nSPS) is 7.86. The first kappa shape index (κ1) is 19.2. The maximum Gasteiger partial charge on any atom is 0.129 e. The Morgan fingerprint density at radius 1 is 1.00 bits per heavy atom. The van der Waals surface area contributed by atoms with Crippen LogP contribution in [0.5, 0.6) is 0 Å². The van der Waals surface area contributed by atoms with Crippen molar-refractivity contribution in [2.24, 2.45) is 0 Å². The molecule has 0 atom stereocenters. The van der Waals surface area contributed by atoms with E-state index < -0.39 is 0 Å². The number of hydrogen-bond acceptors (Lipinski definition) is 2. The summed E-state index contributed by atoms with van der Waals surface area (Å²) in [5.41, 5.74) is 0. The molecule has 0 aromatic heterocycles. The molecule has 0 amide bonds. The molecule has 1 N–H and O–H groups in total. The third kappa shape index (κ3) is 29.9. The molecule has 0 aromatic rings.